The van der Waals surface area contributed by atoms with Gasteiger partial charge in [-0.15, -0.1) is 0 Å². The highest BCUT2D eigenvalue weighted by molar-refractivity contribution is 9.11. The molecule has 0 radical (unpaired) electrons. The van der Waals surface area contributed by atoms with Gasteiger partial charge in [0.1, 0.15) is 11.5 Å². The Labute approximate surface area is 79.4 Å². The molecule has 1 fully saturated rings. The highest BCUT2D eigenvalue weighted by Gasteiger charge is 2.29. The van der Waals surface area contributed by atoms with E-state index in [4.69, 9.17) is 4.74 Å². The monoisotopic (exact) mass is 228 g/mol. The lowest BCUT2D eigenvalue weighted by molar-refractivity contribution is -0.126. The summed E-state index contributed by atoms with van der Waals surface area (Å²) >= 11 is 3.36. The first-order valence-electron chi connectivity index (χ1n) is 4.00. The summed E-state index contributed by atoms with van der Waals surface area (Å²) < 4.78 is 6.41. The van der Waals surface area contributed by atoms with E-state index < -0.39 is 0 Å². The summed E-state index contributed by atoms with van der Waals surface area (Å²) in [5, 5.41) is 0. The quantitative estimate of drug-likeness (QED) is 0.636. The molecule has 0 amide bonds. The number of rotatable bonds is 0. The Bertz CT molecular complexity index is 278. The maximum atomic E-state index is 11.4. The van der Waals surface area contributed by atoms with Crippen molar-refractivity contribution in [2.75, 3.05) is 6.61 Å². The summed E-state index contributed by atoms with van der Waals surface area (Å²) in [7, 11) is 0. The molecule has 1 aliphatic heterocycles. The molecule has 2 aliphatic rings. The molecular weight excluding hydrogens is 220 g/mol. The third-order valence-electron chi connectivity index (χ3n) is 2.18. The molecule has 12 heavy (non-hydrogen) atoms. The summed E-state index contributed by atoms with van der Waals surface area (Å²) in [6, 6.07) is 0. The van der Waals surface area contributed by atoms with Gasteiger partial charge in [0, 0.05) is 10.9 Å². The van der Waals surface area contributed by atoms with Gasteiger partial charge in [-0.25, -0.2) is 0 Å². The fourth-order valence-electron chi connectivity index (χ4n) is 1.52. The molecule has 0 spiro atoms. The van der Waals surface area contributed by atoms with E-state index in [1.807, 2.05) is 12.2 Å². The van der Waals surface area contributed by atoms with Crippen LogP contribution in [0, 0.1) is 5.92 Å². The molecule has 1 saturated heterocycles. The van der Waals surface area contributed by atoms with Gasteiger partial charge in [0.05, 0.1) is 12.5 Å². The van der Waals surface area contributed by atoms with E-state index in [0.29, 0.717) is 18.8 Å². The molecule has 2 rings (SSSR count). The second kappa shape index (κ2) is 3.05. The second-order valence-corrected chi connectivity index (χ2v) is 3.90. The summed E-state index contributed by atoms with van der Waals surface area (Å²) in [6.45, 7) is 0.543. The SMILES string of the molecule is O=C1CCOC2=CC(Br)=CCC12. The number of carbonyl (C=O) groups excluding carboxylic acids is 1. The first-order valence-corrected chi connectivity index (χ1v) is 4.79. The van der Waals surface area contributed by atoms with Gasteiger partial charge >= 0.3 is 0 Å². The Hall–Kier alpha value is -0.570. The van der Waals surface area contributed by atoms with Crippen LogP contribution in [0.5, 0.6) is 0 Å². The number of ether oxygens (including phenoxy) is 1. The van der Waals surface area contributed by atoms with Crippen molar-refractivity contribution in [2.45, 2.75) is 12.8 Å². The van der Waals surface area contributed by atoms with Gasteiger partial charge < -0.3 is 4.74 Å². The lowest BCUT2D eigenvalue weighted by Crippen LogP contribution is -2.26. The van der Waals surface area contributed by atoms with Crippen LogP contribution in [-0.4, -0.2) is 12.4 Å². The second-order valence-electron chi connectivity index (χ2n) is 2.99. The Morgan fingerprint density at radius 2 is 2.42 bits per heavy atom. The number of halogens is 1. The average Bonchev–Trinajstić information content (AvgIpc) is 2.04. The van der Waals surface area contributed by atoms with Crippen molar-refractivity contribution in [3.63, 3.8) is 0 Å². The van der Waals surface area contributed by atoms with Gasteiger partial charge in [-0.1, -0.05) is 22.0 Å². The van der Waals surface area contributed by atoms with Crippen molar-refractivity contribution in [1.29, 1.82) is 0 Å². The predicted octanol–water partition coefficient (Wildman–Crippen LogP) is 2.16. The van der Waals surface area contributed by atoms with E-state index in [9.17, 15) is 4.79 Å². The van der Waals surface area contributed by atoms with E-state index in [2.05, 4.69) is 15.9 Å². The number of hydrogen-bond acceptors (Lipinski definition) is 2. The minimum atomic E-state index is 0.0000463. The van der Waals surface area contributed by atoms with Crippen LogP contribution in [0.3, 0.4) is 0 Å². The lowest BCUT2D eigenvalue weighted by Gasteiger charge is -2.26. The maximum Gasteiger partial charge on any atom is 0.147 e. The maximum absolute atomic E-state index is 11.4. The molecule has 0 aromatic carbocycles. The Morgan fingerprint density at radius 1 is 1.58 bits per heavy atom. The molecule has 3 heteroatoms. The number of fused-ring (bicyclic) bond motifs is 1. The predicted molar refractivity (Wildman–Crippen MR) is 48.8 cm³/mol. The third-order valence-corrected chi connectivity index (χ3v) is 2.73. The number of Topliss-reactive ketones (excluding diaryl/α,β-unsaturated/α-hetero) is 1. The highest BCUT2D eigenvalue weighted by Crippen LogP contribution is 2.31. The van der Waals surface area contributed by atoms with Crippen LogP contribution in [0.25, 0.3) is 0 Å². The van der Waals surface area contributed by atoms with Crippen molar-refractivity contribution >= 4 is 21.7 Å². The molecule has 1 atom stereocenters. The van der Waals surface area contributed by atoms with Crippen LogP contribution < -0.4 is 0 Å². The van der Waals surface area contributed by atoms with Crippen molar-refractivity contribution in [3.05, 3.63) is 22.4 Å². The van der Waals surface area contributed by atoms with E-state index in [0.717, 1.165) is 16.7 Å². The standard InChI is InChI=1S/C9H9BrO2/c10-6-1-2-7-8(11)3-4-12-9(7)5-6/h1,5,7H,2-4H2. The van der Waals surface area contributed by atoms with Gasteiger partial charge in [-0.05, 0) is 12.5 Å². The smallest absolute Gasteiger partial charge is 0.147 e. The zero-order valence-electron chi connectivity index (χ0n) is 6.55. The van der Waals surface area contributed by atoms with Crippen LogP contribution in [0.4, 0.5) is 0 Å². The van der Waals surface area contributed by atoms with E-state index in [-0.39, 0.29) is 5.92 Å². The molecule has 1 aliphatic carbocycles. The zero-order chi connectivity index (χ0) is 8.55. The number of ketones is 1. The summed E-state index contributed by atoms with van der Waals surface area (Å²) in [5.41, 5.74) is 0. The number of allylic oxidation sites excluding steroid dienone is 4. The molecular formula is C9H9BrO2. The normalized spacial score (nSPS) is 28.4. The average molecular weight is 229 g/mol. The van der Waals surface area contributed by atoms with Gasteiger partial charge in [0.25, 0.3) is 0 Å². The van der Waals surface area contributed by atoms with Gasteiger partial charge in [0.2, 0.25) is 0 Å². The molecule has 0 aromatic rings. The summed E-state index contributed by atoms with van der Waals surface area (Å²) in [4.78, 5) is 11.4. The van der Waals surface area contributed by atoms with Gasteiger partial charge in [-0.2, -0.15) is 0 Å². The Balaban J connectivity index is 2.26. The fourth-order valence-corrected chi connectivity index (χ4v) is 1.93. The Kier molecular flexibility index (Phi) is 2.05. The number of carbonyl (C=O) groups is 1. The lowest BCUT2D eigenvalue weighted by atomic mass is 9.91. The van der Waals surface area contributed by atoms with Crippen LogP contribution in [0.15, 0.2) is 22.4 Å². The number of hydrogen-bond donors (Lipinski definition) is 0. The summed E-state index contributed by atoms with van der Waals surface area (Å²) in [5.74, 6) is 1.14. The largest absolute Gasteiger partial charge is 0.497 e. The minimum absolute atomic E-state index is 0.0000463. The zero-order valence-corrected chi connectivity index (χ0v) is 8.13. The topological polar surface area (TPSA) is 26.3 Å². The molecule has 2 nitrogen and oxygen atoms in total. The molecule has 0 bridgehead atoms. The van der Waals surface area contributed by atoms with Crippen molar-refractivity contribution < 1.29 is 9.53 Å². The van der Waals surface area contributed by atoms with Crippen molar-refractivity contribution in [1.82, 2.24) is 0 Å². The van der Waals surface area contributed by atoms with Crippen molar-refractivity contribution in [2.24, 2.45) is 5.92 Å². The molecule has 1 heterocycles. The minimum Gasteiger partial charge on any atom is -0.497 e. The third kappa shape index (κ3) is 1.33. The van der Waals surface area contributed by atoms with E-state index in [1.165, 1.54) is 0 Å². The Morgan fingerprint density at radius 3 is 3.25 bits per heavy atom. The van der Waals surface area contributed by atoms with Crippen LogP contribution >= 0.6 is 15.9 Å². The van der Waals surface area contributed by atoms with Crippen LogP contribution in [-0.2, 0) is 9.53 Å². The highest BCUT2D eigenvalue weighted by atomic mass is 79.9. The fraction of sp³-hybridized carbons (Fsp3) is 0.444. The molecule has 0 N–H and O–H groups in total. The molecule has 64 valence electrons. The molecule has 0 saturated carbocycles. The first kappa shape index (κ1) is 8.05. The van der Waals surface area contributed by atoms with Crippen molar-refractivity contribution in [3.8, 4) is 0 Å². The van der Waals surface area contributed by atoms with Gasteiger partial charge in [-0.3, -0.25) is 4.79 Å². The van der Waals surface area contributed by atoms with E-state index >= 15 is 0 Å². The molecule has 1 unspecified atom stereocenters. The molecule has 0 aromatic heterocycles. The van der Waals surface area contributed by atoms with Gasteiger partial charge in [0.15, 0.2) is 0 Å². The summed E-state index contributed by atoms with van der Waals surface area (Å²) in [6.07, 6.45) is 5.25. The first-order chi connectivity index (χ1) is 5.77. The van der Waals surface area contributed by atoms with Crippen LogP contribution in [0.2, 0.25) is 0 Å². The van der Waals surface area contributed by atoms with E-state index in [1.54, 1.807) is 0 Å². The van der Waals surface area contributed by atoms with Crippen LogP contribution in [0.1, 0.15) is 12.8 Å².